The van der Waals surface area contributed by atoms with Crippen molar-refractivity contribution in [2.45, 2.75) is 57.7 Å². The van der Waals surface area contributed by atoms with Crippen molar-refractivity contribution in [3.05, 3.63) is 29.5 Å². The highest BCUT2D eigenvalue weighted by Crippen LogP contribution is 2.44. The summed E-state index contributed by atoms with van der Waals surface area (Å²) >= 11 is 0. The van der Waals surface area contributed by atoms with Gasteiger partial charge in [-0.2, -0.15) is 27.1 Å². The number of aromatic nitrogens is 9. The lowest BCUT2D eigenvalue weighted by Crippen LogP contribution is -2.36. The van der Waals surface area contributed by atoms with Crippen molar-refractivity contribution in [3.8, 4) is 11.5 Å². The van der Waals surface area contributed by atoms with Gasteiger partial charge in [0, 0.05) is 32.6 Å². The minimum Gasteiger partial charge on any atom is -0.383 e. The van der Waals surface area contributed by atoms with E-state index in [1.807, 2.05) is 13.8 Å². The fourth-order valence-electron chi connectivity index (χ4n) is 4.51. The zero-order valence-electron chi connectivity index (χ0n) is 21.8. The number of hydrogen-bond donors (Lipinski definition) is 2. The molecule has 5 rings (SSSR count). The Hall–Kier alpha value is -4.31. The molecule has 1 amide bonds. The number of hydrogen-bond acceptors (Lipinski definition) is 9. The number of alkyl halides is 5. The van der Waals surface area contributed by atoms with Gasteiger partial charge >= 0.3 is 12.1 Å². The van der Waals surface area contributed by atoms with Gasteiger partial charge in [-0.3, -0.25) is 14.2 Å². The Morgan fingerprint density at radius 1 is 1.12 bits per heavy atom. The van der Waals surface area contributed by atoms with Crippen LogP contribution in [0.1, 0.15) is 44.3 Å². The lowest BCUT2D eigenvalue weighted by molar-refractivity contribution is -0.284. The topological polar surface area (TPSA) is 155 Å². The average molecular weight is 566 g/mol. The number of carbonyl (C=O) groups is 1. The molecule has 0 radical (unpaired) electrons. The molecular formula is C23H24F5N11O. The van der Waals surface area contributed by atoms with Crippen LogP contribution >= 0.6 is 0 Å². The van der Waals surface area contributed by atoms with E-state index in [1.54, 1.807) is 17.8 Å². The van der Waals surface area contributed by atoms with E-state index in [-0.39, 0.29) is 46.1 Å². The molecule has 0 spiro atoms. The normalized spacial score (nSPS) is 17.6. The molecular weight excluding hydrogens is 541 g/mol. The summed E-state index contributed by atoms with van der Waals surface area (Å²) in [6.07, 6.45) is -5.04. The molecule has 4 aromatic heterocycles. The first-order valence-corrected chi connectivity index (χ1v) is 12.2. The molecule has 0 fully saturated rings. The summed E-state index contributed by atoms with van der Waals surface area (Å²) in [5, 5.41) is 15.3. The highest BCUT2D eigenvalue weighted by Gasteiger charge is 2.56. The van der Waals surface area contributed by atoms with Crippen LogP contribution in [0.3, 0.4) is 0 Å². The Morgan fingerprint density at radius 2 is 1.85 bits per heavy atom. The van der Waals surface area contributed by atoms with Gasteiger partial charge in [0.25, 0.3) is 0 Å². The van der Waals surface area contributed by atoms with E-state index in [2.05, 4.69) is 40.7 Å². The second-order valence-corrected chi connectivity index (χ2v) is 10.2. The molecule has 0 aromatic carbocycles. The molecule has 1 aliphatic rings. The SMILES string of the molecule is CC(C)Cn1cc(C2(C)C(=O)Nc3nc(-c4nc(CCC(F)(F)C(F)(F)F)nc5c4cnn5C)nc(N)c32)nn1. The summed E-state index contributed by atoms with van der Waals surface area (Å²) in [6, 6.07) is 0. The third-order valence-corrected chi connectivity index (χ3v) is 6.65. The predicted octanol–water partition coefficient (Wildman–Crippen LogP) is 3.04. The lowest BCUT2D eigenvalue weighted by atomic mass is 9.81. The van der Waals surface area contributed by atoms with Gasteiger partial charge in [0.15, 0.2) is 11.5 Å². The molecule has 0 saturated carbocycles. The van der Waals surface area contributed by atoms with Crippen LogP contribution in [0.2, 0.25) is 0 Å². The Labute approximate surface area is 223 Å². The molecule has 40 heavy (non-hydrogen) atoms. The minimum atomic E-state index is -5.71. The minimum absolute atomic E-state index is 0.00338. The van der Waals surface area contributed by atoms with Gasteiger partial charge in [0.05, 0.1) is 17.1 Å². The van der Waals surface area contributed by atoms with Crippen molar-refractivity contribution in [3.63, 3.8) is 0 Å². The van der Waals surface area contributed by atoms with Gasteiger partial charge < -0.3 is 11.1 Å². The maximum absolute atomic E-state index is 13.6. The zero-order valence-corrected chi connectivity index (χ0v) is 21.8. The molecule has 17 heteroatoms. The van der Waals surface area contributed by atoms with Crippen LogP contribution < -0.4 is 11.1 Å². The number of amides is 1. The summed E-state index contributed by atoms with van der Waals surface area (Å²) in [4.78, 5) is 30.3. The second kappa shape index (κ2) is 9.12. The fourth-order valence-corrected chi connectivity index (χ4v) is 4.51. The number of nitrogens with zero attached hydrogens (tertiary/aromatic N) is 9. The summed E-state index contributed by atoms with van der Waals surface area (Å²) in [7, 11) is 1.52. The number of halogens is 5. The summed E-state index contributed by atoms with van der Waals surface area (Å²) in [6.45, 7) is 6.20. The van der Waals surface area contributed by atoms with Crippen LogP contribution in [-0.2, 0) is 30.2 Å². The summed E-state index contributed by atoms with van der Waals surface area (Å²) < 4.78 is 68.3. The molecule has 1 aliphatic heterocycles. The third kappa shape index (κ3) is 4.38. The van der Waals surface area contributed by atoms with Gasteiger partial charge in [-0.25, -0.2) is 19.9 Å². The summed E-state index contributed by atoms with van der Waals surface area (Å²) in [5.74, 6) is -5.53. The molecule has 0 bridgehead atoms. The summed E-state index contributed by atoms with van der Waals surface area (Å²) in [5.41, 5.74) is 5.73. The highest BCUT2D eigenvalue weighted by molar-refractivity contribution is 6.09. The number of nitrogens with one attached hydrogen (secondary N) is 1. The van der Waals surface area contributed by atoms with Gasteiger partial charge in [-0.05, 0) is 12.8 Å². The first-order chi connectivity index (χ1) is 18.6. The number of rotatable bonds is 7. The number of nitrogens with two attached hydrogens (primary N) is 1. The number of nitrogen functional groups attached to an aromatic ring is 1. The van der Waals surface area contributed by atoms with Crippen molar-refractivity contribution in [2.75, 3.05) is 11.1 Å². The zero-order chi connectivity index (χ0) is 29.2. The first-order valence-electron chi connectivity index (χ1n) is 12.2. The Morgan fingerprint density at radius 3 is 2.52 bits per heavy atom. The van der Waals surface area contributed by atoms with Crippen molar-refractivity contribution in [1.82, 2.24) is 44.7 Å². The van der Waals surface area contributed by atoms with Gasteiger partial charge in [0.1, 0.15) is 34.3 Å². The number of fused-ring (bicyclic) bond motifs is 2. The molecule has 0 aliphatic carbocycles. The number of aryl methyl sites for hydroxylation is 2. The van der Waals surface area contributed by atoms with Crippen molar-refractivity contribution in [2.24, 2.45) is 13.0 Å². The van der Waals surface area contributed by atoms with Gasteiger partial charge in [-0.15, -0.1) is 5.10 Å². The Balaban J connectivity index is 1.57. The van der Waals surface area contributed by atoms with Gasteiger partial charge in [-0.1, -0.05) is 19.1 Å². The third-order valence-electron chi connectivity index (χ3n) is 6.65. The highest BCUT2D eigenvalue weighted by atomic mass is 19.4. The fraction of sp³-hybridized carbons (Fsp3) is 0.478. The number of carbonyl (C=O) groups excluding carboxylic acids is 1. The van der Waals surface area contributed by atoms with Crippen LogP contribution in [0.5, 0.6) is 0 Å². The molecule has 3 N–H and O–H groups in total. The van der Waals surface area contributed by atoms with Crippen molar-refractivity contribution >= 4 is 28.6 Å². The van der Waals surface area contributed by atoms with Crippen LogP contribution in [0, 0.1) is 5.92 Å². The van der Waals surface area contributed by atoms with E-state index >= 15 is 0 Å². The molecule has 5 heterocycles. The standard InChI is InChI=1S/C23H24F5N11O/c1-10(2)8-39-9-12(36-37-39)21(3)14-16(29)33-18(34-17(14)35-20(21)40)15-11-7-30-38(4)19(11)32-13(31-15)5-6-22(24,25)23(26,27)28/h7,9-10H,5-6,8H2,1-4H3,(H3,29,33,34,35,40). The average Bonchev–Trinajstić information content (AvgIpc) is 3.54. The Bertz CT molecular complexity index is 1630. The van der Waals surface area contributed by atoms with E-state index in [1.165, 1.54) is 17.9 Å². The van der Waals surface area contributed by atoms with E-state index < -0.39 is 36.3 Å². The van der Waals surface area contributed by atoms with Crippen molar-refractivity contribution < 1.29 is 26.7 Å². The molecule has 0 saturated heterocycles. The van der Waals surface area contributed by atoms with Crippen LogP contribution in [0.25, 0.3) is 22.6 Å². The maximum atomic E-state index is 13.6. The molecule has 1 atom stereocenters. The molecule has 212 valence electrons. The van der Waals surface area contributed by atoms with Crippen molar-refractivity contribution in [1.29, 1.82) is 0 Å². The van der Waals surface area contributed by atoms with E-state index in [0.29, 0.717) is 17.6 Å². The lowest BCUT2D eigenvalue weighted by Gasteiger charge is -2.20. The monoisotopic (exact) mass is 565 g/mol. The smallest absolute Gasteiger partial charge is 0.383 e. The second-order valence-electron chi connectivity index (χ2n) is 10.2. The van der Waals surface area contributed by atoms with Crippen LogP contribution in [0.15, 0.2) is 12.4 Å². The largest absolute Gasteiger partial charge is 0.453 e. The van der Waals surface area contributed by atoms with E-state index in [9.17, 15) is 26.7 Å². The first kappa shape index (κ1) is 27.3. The predicted molar refractivity (Wildman–Crippen MR) is 131 cm³/mol. The Kier molecular flexibility index (Phi) is 6.22. The molecule has 12 nitrogen and oxygen atoms in total. The molecule has 1 unspecified atom stereocenters. The van der Waals surface area contributed by atoms with Gasteiger partial charge in [0.2, 0.25) is 5.91 Å². The van der Waals surface area contributed by atoms with E-state index in [0.717, 1.165) is 0 Å². The van der Waals surface area contributed by atoms with Crippen LogP contribution in [-0.4, -0.2) is 62.7 Å². The number of anilines is 2. The maximum Gasteiger partial charge on any atom is 0.453 e. The van der Waals surface area contributed by atoms with E-state index in [4.69, 9.17) is 5.73 Å². The quantitative estimate of drug-likeness (QED) is 0.322. The molecule has 4 aromatic rings. The van der Waals surface area contributed by atoms with Crippen LogP contribution in [0.4, 0.5) is 33.6 Å².